The molecule has 1 saturated carbocycles. The second-order valence-corrected chi connectivity index (χ2v) is 5.88. The molecule has 2 amide bonds. The molecular formula is C16H25N3O. The molecule has 20 heavy (non-hydrogen) atoms. The summed E-state index contributed by atoms with van der Waals surface area (Å²) in [5.74, 6) is 0. The molecule has 0 aliphatic heterocycles. The Morgan fingerprint density at radius 2 is 2.15 bits per heavy atom. The van der Waals surface area contributed by atoms with Gasteiger partial charge >= 0.3 is 6.03 Å². The van der Waals surface area contributed by atoms with Crippen molar-refractivity contribution in [3.05, 3.63) is 35.4 Å². The quantitative estimate of drug-likeness (QED) is 0.867. The molecule has 1 aliphatic carbocycles. The molecule has 4 heteroatoms. The highest BCUT2D eigenvalue weighted by molar-refractivity contribution is 5.74. The number of amides is 2. The van der Waals surface area contributed by atoms with E-state index in [1.807, 2.05) is 14.1 Å². The fourth-order valence-corrected chi connectivity index (χ4v) is 2.45. The van der Waals surface area contributed by atoms with Crippen molar-refractivity contribution in [3.63, 3.8) is 0 Å². The van der Waals surface area contributed by atoms with Gasteiger partial charge in [-0.1, -0.05) is 29.8 Å². The van der Waals surface area contributed by atoms with Gasteiger partial charge in [-0.3, -0.25) is 0 Å². The highest BCUT2D eigenvalue weighted by atomic mass is 16.2. The summed E-state index contributed by atoms with van der Waals surface area (Å²) in [7, 11) is 4.08. The van der Waals surface area contributed by atoms with E-state index in [1.165, 1.54) is 17.5 Å². The molecule has 0 heterocycles. The van der Waals surface area contributed by atoms with Crippen LogP contribution in [0.4, 0.5) is 4.79 Å². The summed E-state index contributed by atoms with van der Waals surface area (Å²) in [6.45, 7) is 2.71. The first-order valence-electron chi connectivity index (χ1n) is 7.33. The number of hydrogen-bond donors (Lipinski definition) is 2. The molecule has 4 nitrogen and oxygen atoms in total. The highest BCUT2D eigenvalue weighted by Crippen LogP contribution is 2.19. The monoisotopic (exact) mass is 275 g/mol. The zero-order chi connectivity index (χ0) is 14.5. The first-order valence-corrected chi connectivity index (χ1v) is 7.33. The summed E-state index contributed by atoms with van der Waals surface area (Å²) in [6, 6.07) is 8.98. The maximum atomic E-state index is 11.8. The number of rotatable bonds is 5. The SMILES string of the molecule is Cc1cccc(C(CNC(=O)NC2CCC2)N(C)C)c1. The van der Waals surface area contributed by atoms with Crippen LogP contribution in [0.1, 0.15) is 36.4 Å². The van der Waals surface area contributed by atoms with E-state index in [-0.39, 0.29) is 12.1 Å². The van der Waals surface area contributed by atoms with E-state index >= 15 is 0 Å². The first-order chi connectivity index (χ1) is 9.56. The maximum Gasteiger partial charge on any atom is 0.315 e. The van der Waals surface area contributed by atoms with Gasteiger partial charge in [-0.05, 0) is 45.8 Å². The van der Waals surface area contributed by atoms with Gasteiger partial charge < -0.3 is 15.5 Å². The Morgan fingerprint density at radius 1 is 1.40 bits per heavy atom. The third kappa shape index (κ3) is 3.97. The van der Waals surface area contributed by atoms with Gasteiger partial charge in [0, 0.05) is 12.6 Å². The lowest BCUT2D eigenvalue weighted by atomic mass is 9.93. The standard InChI is InChI=1S/C16H25N3O/c1-12-6-4-7-13(10-12)15(19(2)3)11-17-16(20)18-14-8-5-9-14/h4,6-7,10,14-15H,5,8-9,11H2,1-3H3,(H2,17,18,20). The molecule has 1 aromatic rings. The van der Waals surface area contributed by atoms with Crippen LogP contribution in [0, 0.1) is 6.92 Å². The number of likely N-dealkylation sites (N-methyl/N-ethyl adjacent to an activating group) is 1. The van der Waals surface area contributed by atoms with Crippen molar-refractivity contribution < 1.29 is 4.79 Å². The zero-order valence-corrected chi connectivity index (χ0v) is 12.6. The summed E-state index contributed by atoms with van der Waals surface area (Å²) in [4.78, 5) is 14.0. The van der Waals surface area contributed by atoms with E-state index in [0.29, 0.717) is 12.6 Å². The molecule has 1 aromatic carbocycles. The van der Waals surface area contributed by atoms with Crippen molar-refractivity contribution in [2.75, 3.05) is 20.6 Å². The van der Waals surface area contributed by atoms with Gasteiger partial charge in [-0.25, -0.2) is 4.79 Å². The van der Waals surface area contributed by atoms with Crippen LogP contribution in [0.2, 0.25) is 0 Å². The highest BCUT2D eigenvalue weighted by Gasteiger charge is 2.20. The average Bonchev–Trinajstić information content (AvgIpc) is 2.34. The van der Waals surface area contributed by atoms with Gasteiger partial charge in [0.2, 0.25) is 0 Å². The predicted molar refractivity (Wildman–Crippen MR) is 81.8 cm³/mol. The molecule has 1 fully saturated rings. The van der Waals surface area contributed by atoms with Crippen molar-refractivity contribution >= 4 is 6.03 Å². The lowest BCUT2D eigenvalue weighted by Gasteiger charge is -2.28. The number of hydrogen-bond acceptors (Lipinski definition) is 2. The third-order valence-electron chi connectivity index (χ3n) is 3.95. The van der Waals surface area contributed by atoms with E-state index < -0.39 is 0 Å². The zero-order valence-electron chi connectivity index (χ0n) is 12.6. The Labute approximate surface area is 121 Å². The minimum absolute atomic E-state index is 0.0470. The van der Waals surface area contributed by atoms with Crippen LogP contribution in [-0.4, -0.2) is 37.6 Å². The molecule has 0 saturated heterocycles. The Balaban J connectivity index is 1.90. The van der Waals surface area contributed by atoms with Crippen LogP contribution in [0.15, 0.2) is 24.3 Å². The van der Waals surface area contributed by atoms with Gasteiger partial charge in [0.25, 0.3) is 0 Å². The van der Waals surface area contributed by atoms with Gasteiger partial charge in [-0.15, -0.1) is 0 Å². The average molecular weight is 275 g/mol. The van der Waals surface area contributed by atoms with Crippen LogP contribution >= 0.6 is 0 Å². The predicted octanol–water partition coefficient (Wildman–Crippen LogP) is 2.45. The van der Waals surface area contributed by atoms with Crippen molar-refractivity contribution in [2.24, 2.45) is 0 Å². The topological polar surface area (TPSA) is 44.4 Å². The van der Waals surface area contributed by atoms with Crippen LogP contribution in [0.25, 0.3) is 0 Å². The Hall–Kier alpha value is -1.55. The van der Waals surface area contributed by atoms with Crippen molar-refractivity contribution in [1.82, 2.24) is 15.5 Å². The van der Waals surface area contributed by atoms with Crippen molar-refractivity contribution in [3.8, 4) is 0 Å². The van der Waals surface area contributed by atoms with Crippen LogP contribution in [0.3, 0.4) is 0 Å². The van der Waals surface area contributed by atoms with E-state index in [0.717, 1.165) is 12.8 Å². The molecule has 0 spiro atoms. The second kappa shape index (κ2) is 6.75. The van der Waals surface area contributed by atoms with Gasteiger partial charge in [0.05, 0.1) is 6.04 Å². The summed E-state index contributed by atoms with van der Waals surface area (Å²) in [5, 5.41) is 5.99. The van der Waals surface area contributed by atoms with Crippen molar-refractivity contribution in [2.45, 2.75) is 38.3 Å². The molecule has 110 valence electrons. The molecule has 0 bridgehead atoms. The Bertz CT molecular complexity index is 455. The Kier molecular flexibility index (Phi) is 5.01. The lowest BCUT2D eigenvalue weighted by molar-refractivity contribution is 0.221. The van der Waals surface area contributed by atoms with Crippen LogP contribution in [-0.2, 0) is 0 Å². The smallest absolute Gasteiger partial charge is 0.315 e. The molecule has 0 aromatic heterocycles. The number of benzene rings is 1. The Morgan fingerprint density at radius 3 is 2.70 bits per heavy atom. The first kappa shape index (κ1) is 14.9. The fourth-order valence-electron chi connectivity index (χ4n) is 2.45. The molecular weight excluding hydrogens is 250 g/mol. The number of urea groups is 1. The molecule has 2 N–H and O–H groups in total. The number of aryl methyl sites for hydroxylation is 1. The maximum absolute atomic E-state index is 11.8. The summed E-state index contributed by atoms with van der Waals surface area (Å²) >= 11 is 0. The van der Waals surface area contributed by atoms with Gasteiger partial charge in [0.15, 0.2) is 0 Å². The molecule has 1 atom stereocenters. The van der Waals surface area contributed by atoms with E-state index in [1.54, 1.807) is 0 Å². The van der Waals surface area contributed by atoms with Gasteiger partial charge in [-0.2, -0.15) is 0 Å². The normalized spacial score (nSPS) is 16.6. The third-order valence-corrected chi connectivity index (χ3v) is 3.95. The number of nitrogens with zero attached hydrogens (tertiary/aromatic N) is 1. The molecule has 1 aliphatic rings. The minimum Gasteiger partial charge on any atom is -0.336 e. The van der Waals surface area contributed by atoms with E-state index in [9.17, 15) is 4.79 Å². The number of nitrogens with one attached hydrogen (secondary N) is 2. The molecule has 0 radical (unpaired) electrons. The second-order valence-electron chi connectivity index (χ2n) is 5.88. The van der Waals surface area contributed by atoms with E-state index in [4.69, 9.17) is 0 Å². The van der Waals surface area contributed by atoms with Crippen molar-refractivity contribution in [1.29, 1.82) is 0 Å². The molecule has 2 rings (SSSR count). The summed E-state index contributed by atoms with van der Waals surface area (Å²) in [6.07, 6.45) is 3.46. The summed E-state index contributed by atoms with van der Waals surface area (Å²) < 4.78 is 0. The fraction of sp³-hybridized carbons (Fsp3) is 0.562. The number of carbonyl (C=O) groups excluding carboxylic acids is 1. The van der Waals surface area contributed by atoms with Gasteiger partial charge in [0.1, 0.15) is 0 Å². The van der Waals surface area contributed by atoms with Crippen LogP contribution in [0.5, 0.6) is 0 Å². The lowest BCUT2D eigenvalue weighted by Crippen LogP contribution is -2.47. The summed E-state index contributed by atoms with van der Waals surface area (Å²) in [5.41, 5.74) is 2.48. The van der Waals surface area contributed by atoms with Crippen LogP contribution < -0.4 is 10.6 Å². The van der Waals surface area contributed by atoms with E-state index in [2.05, 4.69) is 46.7 Å². The largest absolute Gasteiger partial charge is 0.336 e. The molecule has 1 unspecified atom stereocenters. The minimum atomic E-state index is -0.0470. The number of carbonyl (C=O) groups is 1.